The van der Waals surface area contributed by atoms with Crippen LogP contribution in [0.25, 0.3) is 32.9 Å². The number of aryl methyl sites for hydroxylation is 1. The molecule has 29 heavy (non-hydrogen) atoms. The highest BCUT2D eigenvalue weighted by Crippen LogP contribution is 2.36. The molecule has 0 bridgehead atoms. The molecule has 0 amide bonds. The van der Waals surface area contributed by atoms with Crippen molar-refractivity contribution in [2.75, 3.05) is 5.32 Å². The van der Waals surface area contributed by atoms with E-state index in [-0.39, 0.29) is 11.4 Å². The summed E-state index contributed by atoms with van der Waals surface area (Å²) in [4.78, 5) is 8.46. The van der Waals surface area contributed by atoms with Crippen molar-refractivity contribution in [3.63, 3.8) is 0 Å². The lowest BCUT2D eigenvalue weighted by molar-refractivity contribution is 0.482. The molecule has 0 aliphatic heterocycles. The molecule has 0 fully saturated rings. The Morgan fingerprint density at radius 1 is 1.07 bits per heavy atom. The van der Waals surface area contributed by atoms with Crippen molar-refractivity contribution in [2.24, 2.45) is 7.05 Å². The number of fused-ring (bicyclic) bond motifs is 2. The molecule has 0 saturated carbocycles. The number of nitrogens with zero attached hydrogens (tertiary/aromatic N) is 6. The summed E-state index contributed by atoms with van der Waals surface area (Å²) in [5.74, 6) is -0.197. The third-order valence-corrected chi connectivity index (χ3v) is 4.64. The summed E-state index contributed by atoms with van der Waals surface area (Å²) >= 11 is 0. The van der Waals surface area contributed by atoms with Gasteiger partial charge in [-0.3, -0.25) is 4.68 Å². The molecule has 0 aliphatic rings. The van der Waals surface area contributed by atoms with Crippen LogP contribution < -0.4 is 5.32 Å². The third kappa shape index (κ3) is 2.89. The molecule has 5 aromatic rings. The van der Waals surface area contributed by atoms with Gasteiger partial charge in [0, 0.05) is 24.2 Å². The Morgan fingerprint density at radius 2 is 1.97 bits per heavy atom. The standard InChI is InChI=1S/C20H14FN7O/c1-28-9-12(8-25-28)11-6-16-18(17(29)7-11)20(23-10-22-16)26-15-3-2-14-13(19(15)21)4-5-24-27-14/h2-10,29H,1H3,(H,22,23,26). The molecule has 3 heterocycles. The molecule has 9 heteroatoms. The lowest BCUT2D eigenvalue weighted by atomic mass is 10.1. The van der Waals surface area contributed by atoms with E-state index in [1.54, 1.807) is 35.1 Å². The summed E-state index contributed by atoms with van der Waals surface area (Å²) in [6.45, 7) is 0. The van der Waals surface area contributed by atoms with Gasteiger partial charge in [0.1, 0.15) is 17.9 Å². The first kappa shape index (κ1) is 17.0. The number of nitrogens with one attached hydrogen (secondary N) is 1. The zero-order valence-corrected chi connectivity index (χ0v) is 15.2. The molecule has 8 nitrogen and oxygen atoms in total. The lowest BCUT2D eigenvalue weighted by Gasteiger charge is -2.12. The Bertz CT molecular complexity index is 1380. The number of halogens is 1. The van der Waals surface area contributed by atoms with Crippen molar-refractivity contribution in [1.82, 2.24) is 29.9 Å². The SMILES string of the molecule is Cn1cc(-c2cc(O)c3c(Nc4ccc5nnccc5c4F)ncnc3c2)cn1. The van der Waals surface area contributed by atoms with Crippen LogP contribution in [-0.4, -0.2) is 35.1 Å². The van der Waals surface area contributed by atoms with Crippen molar-refractivity contribution >= 4 is 33.3 Å². The summed E-state index contributed by atoms with van der Waals surface area (Å²) in [5, 5.41) is 26.2. The second kappa shape index (κ2) is 6.48. The summed E-state index contributed by atoms with van der Waals surface area (Å²) < 4.78 is 16.6. The Balaban J connectivity index is 1.62. The molecule has 2 N–H and O–H groups in total. The number of aromatic nitrogens is 6. The molecule has 0 atom stereocenters. The van der Waals surface area contributed by atoms with Crippen LogP contribution in [0.4, 0.5) is 15.9 Å². The normalized spacial score (nSPS) is 11.2. The number of rotatable bonds is 3. The fourth-order valence-corrected chi connectivity index (χ4v) is 3.26. The summed E-state index contributed by atoms with van der Waals surface area (Å²) in [6.07, 6.45) is 6.34. The van der Waals surface area contributed by atoms with E-state index in [0.717, 1.165) is 11.1 Å². The van der Waals surface area contributed by atoms with E-state index >= 15 is 0 Å². The molecule has 0 radical (unpaired) electrons. The molecule has 0 unspecified atom stereocenters. The number of phenolic OH excluding ortho intramolecular Hbond substituents is 1. The van der Waals surface area contributed by atoms with Gasteiger partial charge in [0.15, 0.2) is 5.82 Å². The van der Waals surface area contributed by atoms with E-state index in [9.17, 15) is 9.50 Å². The predicted octanol–water partition coefficient (Wildman–Crippen LogP) is 3.56. The Hall–Kier alpha value is -4.14. The highest BCUT2D eigenvalue weighted by Gasteiger charge is 2.15. The minimum atomic E-state index is -0.476. The van der Waals surface area contributed by atoms with Gasteiger partial charge in [-0.15, -0.1) is 0 Å². The second-order valence-electron chi connectivity index (χ2n) is 6.53. The van der Waals surface area contributed by atoms with Crippen LogP contribution in [-0.2, 0) is 7.05 Å². The maximum Gasteiger partial charge on any atom is 0.156 e. The van der Waals surface area contributed by atoms with Crippen LogP contribution in [0.2, 0.25) is 0 Å². The average Bonchev–Trinajstić information content (AvgIpc) is 3.16. The maximum absolute atomic E-state index is 14.9. The van der Waals surface area contributed by atoms with E-state index in [2.05, 4.69) is 30.6 Å². The van der Waals surface area contributed by atoms with Crippen LogP contribution in [0.15, 0.2) is 55.2 Å². The van der Waals surface area contributed by atoms with E-state index in [0.29, 0.717) is 27.6 Å². The zero-order valence-electron chi connectivity index (χ0n) is 15.2. The quantitative estimate of drug-likeness (QED) is 0.488. The second-order valence-corrected chi connectivity index (χ2v) is 6.53. The predicted molar refractivity (Wildman–Crippen MR) is 106 cm³/mol. The largest absolute Gasteiger partial charge is 0.507 e. The Labute approximate surface area is 163 Å². The minimum Gasteiger partial charge on any atom is -0.507 e. The van der Waals surface area contributed by atoms with E-state index in [4.69, 9.17) is 0 Å². The minimum absolute atomic E-state index is 0.0171. The first-order chi connectivity index (χ1) is 14.1. The first-order valence-electron chi connectivity index (χ1n) is 8.74. The number of anilines is 2. The van der Waals surface area contributed by atoms with Crippen LogP contribution in [0, 0.1) is 5.82 Å². The van der Waals surface area contributed by atoms with E-state index in [1.807, 2.05) is 19.3 Å². The van der Waals surface area contributed by atoms with Gasteiger partial charge in [0.2, 0.25) is 0 Å². The molecule has 142 valence electrons. The fourth-order valence-electron chi connectivity index (χ4n) is 3.26. The van der Waals surface area contributed by atoms with Crippen LogP contribution in [0.1, 0.15) is 0 Å². The molecule has 0 spiro atoms. The summed E-state index contributed by atoms with van der Waals surface area (Å²) in [6, 6.07) is 8.21. The van der Waals surface area contributed by atoms with Crippen LogP contribution in [0.3, 0.4) is 0 Å². The number of aromatic hydroxyl groups is 1. The Kier molecular flexibility index (Phi) is 3.80. The number of hydrogen-bond donors (Lipinski definition) is 2. The van der Waals surface area contributed by atoms with Gasteiger partial charge in [-0.25, -0.2) is 14.4 Å². The highest BCUT2D eigenvalue weighted by atomic mass is 19.1. The topological polar surface area (TPSA) is 102 Å². The van der Waals surface area contributed by atoms with Crippen molar-refractivity contribution in [2.45, 2.75) is 0 Å². The lowest BCUT2D eigenvalue weighted by Crippen LogP contribution is -2.00. The third-order valence-electron chi connectivity index (χ3n) is 4.64. The van der Waals surface area contributed by atoms with Crippen molar-refractivity contribution in [3.8, 4) is 16.9 Å². The number of hydrogen-bond acceptors (Lipinski definition) is 7. The molecule has 0 saturated heterocycles. The fraction of sp³-hybridized carbons (Fsp3) is 0.0500. The van der Waals surface area contributed by atoms with Gasteiger partial charge in [0.25, 0.3) is 0 Å². The number of phenols is 1. The van der Waals surface area contributed by atoms with Gasteiger partial charge < -0.3 is 10.4 Å². The zero-order chi connectivity index (χ0) is 20.0. The van der Waals surface area contributed by atoms with Gasteiger partial charge in [-0.2, -0.15) is 15.3 Å². The van der Waals surface area contributed by atoms with Gasteiger partial charge in [-0.05, 0) is 35.9 Å². The Morgan fingerprint density at radius 3 is 2.79 bits per heavy atom. The highest BCUT2D eigenvalue weighted by molar-refractivity contribution is 5.98. The van der Waals surface area contributed by atoms with Gasteiger partial charge in [0.05, 0.1) is 34.5 Å². The number of benzene rings is 2. The van der Waals surface area contributed by atoms with Gasteiger partial charge >= 0.3 is 0 Å². The average molecular weight is 387 g/mol. The molecule has 3 aromatic heterocycles. The van der Waals surface area contributed by atoms with Crippen LogP contribution in [0.5, 0.6) is 5.75 Å². The summed E-state index contributed by atoms with van der Waals surface area (Å²) in [7, 11) is 1.82. The molecule has 5 rings (SSSR count). The van der Waals surface area contributed by atoms with E-state index < -0.39 is 5.82 Å². The molecule has 2 aromatic carbocycles. The first-order valence-corrected chi connectivity index (χ1v) is 8.74. The maximum atomic E-state index is 14.9. The molecule has 0 aliphatic carbocycles. The van der Waals surface area contributed by atoms with Gasteiger partial charge in [-0.1, -0.05) is 0 Å². The van der Waals surface area contributed by atoms with Crippen molar-refractivity contribution < 1.29 is 9.50 Å². The smallest absolute Gasteiger partial charge is 0.156 e. The van der Waals surface area contributed by atoms with E-state index in [1.165, 1.54) is 12.5 Å². The van der Waals surface area contributed by atoms with Crippen molar-refractivity contribution in [1.29, 1.82) is 0 Å². The van der Waals surface area contributed by atoms with Crippen LogP contribution >= 0.6 is 0 Å². The monoisotopic (exact) mass is 387 g/mol. The molecular weight excluding hydrogens is 373 g/mol. The van der Waals surface area contributed by atoms with Crippen molar-refractivity contribution in [3.05, 3.63) is 61.1 Å². The molecular formula is C20H14FN7O. The summed E-state index contributed by atoms with van der Waals surface area (Å²) in [5.41, 5.74) is 2.80.